The van der Waals surface area contributed by atoms with Gasteiger partial charge in [-0.05, 0) is 43.2 Å². The number of para-hydroxylation sites is 1. The van der Waals surface area contributed by atoms with Gasteiger partial charge in [-0.15, -0.1) is 0 Å². The van der Waals surface area contributed by atoms with Crippen molar-refractivity contribution in [3.8, 4) is 5.75 Å². The Labute approximate surface area is 175 Å². The second kappa shape index (κ2) is 8.30. The Bertz CT molecular complexity index is 984. The standard InChI is InChI=1S/C24H25FN2O3/c1-30-21-12-5-2-7-17(21)13-14-24(23(29)26-19-9-3-4-10-19)16-22(28)27(24)20-11-6-8-18(25)15-20/h2,5-8,11-15,19H,3-4,9-10,16H2,1H3,(H,26,29)/b14-13+. The molecule has 5 nitrogen and oxygen atoms in total. The highest BCUT2D eigenvalue weighted by Gasteiger charge is 2.56. The number of carbonyl (C=O) groups excluding carboxylic acids is 2. The first-order chi connectivity index (χ1) is 14.5. The van der Waals surface area contributed by atoms with Gasteiger partial charge >= 0.3 is 0 Å². The van der Waals surface area contributed by atoms with Gasteiger partial charge in [0, 0.05) is 17.3 Å². The Hall–Kier alpha value is -3.15. The summed E-state index contributed by atoms with van der Waals surface area (Å²) in [6, 6.07) is 13.4. The molecule has 2 amide bonds. The largest absolute Gasteiger partial charge is 0.496 e. The van der Waals surface area contributed by atoms with Crippen molar-refractivity contribution in [3.63, 3.8) is 0 Å². The molecule has 1 saturated heterocycles. The van der Waals surface area contributed by atoms with E-state index in [2.05, 4.69) is 5.32 Å². The van der Waals surface area contributed by atoms with E-state index >= 15 is 0 Å². The lowest BCUT2D eigenvalue weighted by molar-refractivity contribution is -0.137. The lowest BCUT2D eigenvalue weighted by Gasteiger charge is -2.49. The number of β-lactam (4-membered cyclic amide) rings is 1. The molecule has 1 N–H and O–H groups in total. The molecule has 2 aromatic carbocycles. The molecule has 1 saturated carbocycles. The van der Waals surface area contributed by atoms with Crippen LogP contribution < -0.4 is 15.0 Å². The van der Waals surface area contributed by atoms with Crippen LogP contribution in [0, 0.1) is 5.82 Å². The smallest absolute Gasteiger partial charge is 0.251 e. The lowest BCUT2D eigenvalue weighted by Crippen LogP contribution is -2.70. The van der Waals surface area contributed by atoms with E-state index in [9.17, 15) is 14.0 Å². The average Bonchev–Trinajstić information content (AvgIpc) is 3.24. The van der Waals surface area contributed by atoms with Gasteiger partial charge in [0.2, 0.25) is 5.91 Å². The fourth-order valence-electron chi connectivity index (χ4n) is 4.31. The van der Waals surface area contributed by atoms with Gasteiger partial charge in [0.1, 0.15) is 11.6 Å². The van der Waals surface area contributed by atoms with Gasteiger partial charge in [-0.3, -0.25) is 14.5 Å². The summed E-state index contributed by atoms with van der Waals surface area (Å²) in [5.41, 5.74) is -0.0296. The zero-order chi connectivity index (χ0) is 21.1. The molecule has 0 bridgehead atoms. The minimum absolute atomic E-state index is 0.0354. The normalized spacial score (nSPS) is 21.7. The van der Waals surface area contributed by atoms with Crippen molar-refractivity contribution < 1.29 is 18.7 Å². The van der Waals surface area contributed by atoms with E-state index in [4.69, 9.17) is 4.74 Å². The Morgan fingerprint density at radius 1 is 1.20 bits per heavy atom. The summed E-state index contributed by atoms with van der Waals surface area (Å²) in [6.45, 7) is 0. The summed E-state index contributed by atoms with van der Waals surface area (Å²) in [5.74, 6) is -0.231. The first-order valence-corrected chi connectivity index (χ1v) is 10.3. The third kappa shape index (κ3) is 3.70. The lowest BCUT2D eigenvalue weighted by atomic mass is 9.80. The van der Waals surface area contributed by atoms with E-state index in [1.165, 1.54) is 17.0 Å². The zero-order valence-electron chi connectivity index (χ0n) is 16.9. The van der Waals surface area contributed by atoms with E-state index < -0.39 is 11.4 Å². The molecular weight excluding hydrogens is 383 g/mol. The van der Waals surface area contributed by atoms with E-state index in [0.29, 0.717) is 11.4 Å². The van der Waals surface area contributed by atoms with Crippen molar-refractivity contribution in [1.82, 2.24) is 5.32 Å². The second-order valence-corrected chi connectivity index (χ2v) is 7.84. The molecule has 6 heteroatoms. The van der Waals surface area contributed by atoms with Gasteiger partial charge in [-0.1, -0.05) is 43.2 Å². The molecule has 2 fully saturated rings. The van der Waals surface area contributed by atoms with Gasteiger partial charge in [0.15, 0.2) is 5.54 Å². The minimum atomic E-state index is -1.20. The minimum Gasteiger partial charge on any atom is -0.496 e. The number of halogens is 1. The van der Waals surface area contributed by atoms with E-state index in [0.717, 1.165) is 31.2 Å². The molecule has 2 aliphatic rings. The number of rotatable bonds is 6. The maximum absolute atomic E-state index is 13.9. The number of amides is 2. The van der Waals surface area contributed by atoms with Crippen LogP contribution in [0.15, 0.2) is 54.6 Å². The maximum atomic E-state index is 13.9. The summed E-state index contributed by atoms with van der Waals surface area (Å²) in [4.78, 5) is 27.4. The highest BCUT2D eigenvalue weighted by atomic mass is 19.1. The molecule has 1 heterocycles. The van der Waals surface area contributed by atoms with Crippen LogP contribution in [0.25, 0.3) is 6.08 Å². The van der Waals surface area contributed by atoms with Crippen LogP contribution in [0.4, 0.5) is 10.1 Å². The Morgan fingerprint density at radius 3 is 2.67 bits per heavy atom. The molecule has 1 aliphatic carbocycles. The maximum Gasteiger partial charge on any atom is 0.251 e. The highest BCUT2D eigenvalue weighted by Crippen LogP contribution is 2.40. The Kier molecular flexibility index (Phi) is 5.57. The summed E-state index contributed by atoms with van der Waals surface area (Å²) in [7, 11) is 1.58. The molecular formula is C24H25FN2O3. The number of carbonyl (C=O) groups is 2. The Balaban J connectivity index is 1.72. The first-order valence-electron chi connectivity index (χ1n) is 10.3. The summed E-state index contributed by atoms with van der Waals surface area (Å²) in [6.07, 6.45) is 7.61. The van der Waals surface area contributed by atoms with Gasteiger partial charge in [0.25, 0.3) is 5.91 Å². The van der Waals surface area contributed by atoms with Gasteiger partial charge < -0.3 is 10.1 Å². The molecule has 156 valence electrons. The van der Waals surface area contributed by atoms with Crippen LogP contribution in [0.2, 0.25) is 0 Å². The van der Waals surface area contributed by atoms with Crippen LogP contribution in [0.3, 0.4) is 0 Å². The van der Waals surface area contributed by atoms with Crippen LogP contribution in [0.1, 0.15) is 37.7 Å². The molecule has 2 aromatic rings. The van der Waals surface area contributed by atoms with Crippen LogP contribution >= 0.6 is 0 Å². The quantitative estimate of drug-likeness (QED) is 0.733. The SMILES string of the molecule is COc1ccccc1/C=C/C1(C(=O)NC2CCCC2)CC(=O)N1c1cccc(F)c1. The van der Waals surface area contributed by atoms with E-state index in [-0.39, 0.29) is 24.3 Å². The molecule has 1 atom stereocenters. The monoisotopic (exact) mass is 408 g/mol. The van der Waals surface area contributed by atoms with Gasteiger partial charge in [0.05, 0.1) is 13.5 Å². The highest BCUT2D eigenvalue weighted by molar-refractivity contribution is 6.15. The van der Waals surface area contributed by atoms with Crippen molar-refractivity contribution in [3.05, 3.63) is 66.0 Å². The van der Waals surface area contributed by atoms with Crippen molar-refractivity contribution >= 4 is 23.6 Å². The molecule has 30 heavy (non-hydrogen) atoms. The number of nitrogens with one attached hydrogen (secondary N) is 1. The summed E-state index contributed by atoms with van der Waals surface area (Å²) < 4.78 is 19.3. The molecule has 1 unspecified atom stereocenters. The van der Waals surface area contributed by atoms with Crippen molar-refractivity contribution in [2.45, 2.75) is 43.7 Å². The van der Waals surface area contributed by atoms with Crippen molar-refractivity contribution in [2.24, 2.45) is 0 Å². The van der Waals surface area contributed by atoms with Crippen LogP contribution in [-0.2, 0) is 9.59 Å². The number of benzene rings is 2. The molecule has 0 radical (unpaired) electrons. The first kappa shape index (κ1) is 20.1. The molecule has 0 aromatic heterocycles. The molecule has 0 spiro atoms. The Morgan fingerprint density at radius 2 is 1.97 bits per heavy atom. The van der Waals surface area contributed by atoms with Crippen molar-refractivity contribution in [2.75, 3.05) is 12.0 Å². The predicted octanol–water partition coefficient (Wildman–Crippen LogP) is 4.08. The number of nitrogens with zero attached hydrogens (tertiary/aromatic N) is 1. The van der Waals surface area contributed by atoms with Crippen LogP contribution in [0.5, 0.6) is 5.75 Å². The topological polar surface area (TPSA) is 58.6 Å². The number of methoxy groups -OCH3 is 1. The molecule has 1 aliphatic heterocycles. The van der Waals surface area contributed by atoms with Gasteiger partial charge in [-0.25, -0.2) is 4.39 Å². The summed E-state index contributed by atoms with van der Waals surface area (Å²) in [5, 5.41) is 3.11. The number of hydrogen-bond acceptors (Lipinski definition) is 3. The number of hydrogen-bond donors (Lipinski definition) is 1. The third-order valence-corrected chi connectivity index (χ3v) is 5.90. The zero-order valence-corrected chi connectivity index (χ0v) is 16.9. The molecule has 4 rings (SSSR count). The second-order valence-electron chi connectivity index (χ2n) is 7.84. The predicted molar refractivity (Wildman–Crippen MR) is 114 cm³/mol. The fourth-order valence-corrected chi connectivity index (χ4v) is 4.31. The third-order valence-electron chi connectivity index (χ3n) is 5.90. The van der Waals surface area contributed by atoms with Crippen LogP contribution in [-0.4, -0.2) is 30.5 Å². The number of ether oxygens (including phenoxy) is 1. The van der Waals surface area contributed by atoms with E-state index in [1.807, 2.05) is 24.3 Å². The number of anilines is 1. The fraction of sp³-hybridized carbons (Fsp3) is 0.333. The average molecular weight is 408 g/mol. The van der Waals surface area contributed by atoms with Gasteiger partial charge in [-0.2, -0.15) is 0 Å². The summed E-state index contributed by atoms with van der Waals surface area (Å²) >= 11 is 0. The van der Waals surface area contributed by atoms with Crippen molar-refractivity contribution in [1.29, 1.82) is 0 Å². The van der Waals surface area contributed by atoms with E-state index in [1.54, 1.807) is 31.4 Å².